The monoisotopic (exact) mass is 385 g/mol. The summed E-state index contributed by atoms with van der Waals surface area (Å²) < 4.78 is 45.8. The molecule has 26 heavy (non-hydrogen) atoms. The number of halogens is 4. The molecule has 0 spiro atoms. The number of hydrogen-bond donors (Lipinski definition) is 0. The van der Waals surface area contributed by atoms with Crippen LogP contribution in [0, 0.1) is 0 Å². The maximum absolute atomic E-state index is 13.3. The zero-order valence-corrected chi connectivity index (χ0v) is 15.6. The second-order valence-corrected chi connectivity index (χ2v) is 6.69. The molecule has 0 bridgehead atoms. The maximum Gasteiger partial charge on any atom is 0.419 e. The number of fused-ring (bicyclic) bond motifs is 1. The summed E-state index contributed by atoms with van der Waals surface area (Å²) in [6.07, 6.45) is -2.29. The normalized spacial score (nSPS) is 20.1. The fourth-order valence-corrected chi connectivity index (χ4v) is 3.43. The van der Waals surface area contributed by atoms with Crippen LogP contribution in [0.3, 0.4) is 0 Å². The van der Waals surface area contributed by atoms with Gasteiger partial charge < -0.3 is 9.64 Å². The number of alkyl halides is 3. The van der Waals surface area contributed by atoms with E-state index in [1.165, 1.54) is 12.1 Å². The Morgan fingerprint density at radius 2 is 1.65 bits per heavy atom. The molecule has 0 aliphatic heterocycles. The summed E-state index contributed by atoms with van der Waals surface area (Å²) >= 11 is 0. The van der Waals surface area contributed by atoms with Crippen LogP contribution in [0.25, 0.3) is 0 Å². The summed E-state index contributed by atoms with van der Waals surface area (Å²) in [6.45, 7) is 0. The Bertz CT molecular complexity index is 733. The fraction of sp³-hybridized carbons (Fsp3) is 0.400. The van der Waals surface area contributed by atoms with Crippen molar-refractivity contribution in [3.05, 3.63) is 65.2 Å². The number of hydrogen-bond acceptors (Lipinski definition) is 2. The minimum absolute atomic E-state index is 0. The molecule has 0 fully saturated rings. The topological polar surface area (TPSA) is 12.5 Å². The molecular formula is C20H23ClF3NO. The second-order valence-electron chi connectivity index (χ2n) is 6.69. The van der Waals surface area contributed by atoms with E-state index in [1.807, 2.05) is 38.4 Å². The van der Waals surface area contributed by atoms with Crippen LogP contribution in [0.4, 0.5) is 13.2 Å². The van der Waals surface area contributed by atoms with Crippen LogP contribution in [-0.4, -0.2) is 25.0 Å². The lowest BCUT2D eigenvalue weighted by Crippen LogP contribution is -2.30. The number of rotatable bonds is 3. The van der Waals surface area contributed by atoms with Gasteiger partial charge in [-0.15, -0.1) is 12.4 Å². The zero-order valence-electron chi connectivity index (χ0n) is 14.8. The molecule has 0 N–H and O–H groups in total. The molecule has 0 heterocycles. The fourth-order valence-electron chi connectivity index (χ4n) is 3.43. The first-order chi connectivity index (χ1) is 11.9. The standard InChI is InChI=1S/C20H22F3NO.ClH/c1-24(2)15-12-11-14-7-3-4-8-16(14)19(13-15)25-18-10-6-5-9-17(18)20(21,22)23;/h3-10,15,19H,11-13H2,1-2H3;1H/t15-,19-;/m0./s1. The molecule has 2 aromatic rings. The Morgan fingerprint density at radius 1 is 1.00 bits per heavy atom. The molecule has 142 valence electrons. The van der Waals surface area contributed by atoms with Gasteiger partial charge in [-0.3, -0.25) is 0 Å². The van der Waals surface area contributed by atoms with Gasteiger partial charge in [0, 0.05) is 12.5 Å². The lowest BCUT2D eigenvalue weighted by atomic mass is 10.0. The highest BCUT2D eigenvalue weighted by molar-refractivity contribution is 5.85. The van der Waals surface area contributed by atoms with Crippen molar-refractivity contribution in [1.82, 2.24) is 4.90 Å². The van der Waals surface area contributed by atoms with Crippen LogP contribution in [0.1, 0.15) is 35.6 Å². The Labute approximate surface area is 158 Å². The number of ether oxygens (including phenoxy) is 1. The van der Waals surface area contributed by atoms with E-state index in [2.05, 4.69) is 4.90 Å². The largest absolute Gasteiger partial charge is 0.485 e. The van der Waals surface area contributed by atoms with Gasteiger partial charge in [-0.2, -0.15) is 13.2 Å². The summed E-state index contributed by atoms with van der Waals surface area (Å²) in [6, 6.07) is 13.6. The third kappa shape index (κ3) is 4.51. The molecule has 6 heteroatoms. The molecule has 0 saturated heterocycles. The van der Waals surface area contributed by atoms with E-state index in [1.54, 1.807) is 6.07 Å². The average Bonchev–Trinajstić information content (AvgIpc) is 2.75. The van der Waals surface area contributed by atoms with Crippen molar-refractivity contribution in [3.8, 4) is 5.75 Å². The molecule has 0 aromatic heterocycles. The van der Waals surface area contributed by atoms with Gasteiger partial charge in [0.05, 0.1) is 5.56 Å². The predicted molar refractivity (Wildman–Crippen MR) is 98.9 cm³/mol. The maximum atomic E-state index is 13.3. The quantitative estimate of drug-likeness (QED) is 0.645. The molecule has 1 aliphatic carbocycles. The number of aryl methyl sites for hydroxylation is 1. The van der Waals surface area contributed by atoms with Crippen molar-refractivity contribution in [2.45, 2.75) is 37.6 Å². The summed E-state index contributed by atoms with van der Waals surface area (Å²) in [5, 5.41) is 0. The number of benzene rings is 2. The highest BCUT2D eigenvalue weighted by atomic mass is 35.5. The Kier molecular flexibility index (Phi) is 6.58. The van der Waals surface area contributed by atoms with Gasteiger partial charge in [0.15, 0.2) is 0 Å². The Morgan fingerprint density at radius 3 is 2.35 bits per heavy atom. The molecule has 0 radical (unpaired) electrons. The molecule has 3 rings (SSSR count). The number of nitrogens with zero attached hydrogens (tertiary/aromatic N) is 1. The lowest BCUT2D eigenvalue weighted by Gasteiger charge is -2.27. The van der Waals surface area contributed by atoms with Gasteiger partial charge >= 0.3 is 6.18 Å². The minimum Gasteiger partial charge on any atom is -0.485 e. The molecule has 2 aromatic carbocycles. The van der Waals surface area contributed by atoms with E-state index in [0.717, 1.165) is 30.0 Å². The van der Waals surface area contributed by atoms with E-state index < -0.39 is 17.8 Å². The van der Waals surface area contributed by atoms with Crippen molar-refractivity contribution in [2.75, 3.05) is 14.1 Å². The van der Waals surface area contributed by atoms with Gasteiger partial charge in [-0.05, 0) is 50.2 Å². The van der Waals surface area contributed by atoms with Gasteiger partial charge in [0.1, 0.15) is 11.9 Å². The Hall–Kier alpha value is -1.72. The minimum atomic E-state index is -4.43. The van der Waals surface area contributed by atoms with E-state index >= 15 is 0 Å². The smallest absolute Gasteiger partial charge is 0.419 e. The van der Waals surface area contributed by atoms with Crippen LogP contribution in [-0.2, 0) is 12.6 Å². The summed E-state index contributed by atoms with van der Waals surface area (Å²) in [4.78, 5) is 2.12. The van der Waals surface area contributed by atoms with Gasteiger partial charge in [0.25, 0.3) is 0 Å². The highest BCUT2D eigenvalue weighted by Crippen LogP contribution is 2.40. The van der Waals surface area contributed by atoms with E-state index in [9.17, 15) is 13.2 Å². The molecule has 1 aliphatic rings. The molecular weight excluding hydrogens is 363 g/mol. The first kappa shape index (κ1) is 20.6. The third-order valence-electron chi connectivity index (χ3n) is 4.83. The van der Waals surface area contributed by atoms with Crippen molar-refractivity contribution >= 4 is 12.4 Å². The first-order valence-corrected chi connectivity index (χ1v) is 8.43. The second kappa shape index (κ2) is 8.31. The third-order valence-corrected chi connectivity index (χ3v) is 4.83. The number of para-hydroxylation sites is 1. The van der Waals surface area contributed by atoms with Crippen molar-refractivity contribution in [1.29, 1.82) is 0 Å². The molecule has 0 amide bonds. The molecule has 0 saturated carbocycles. The van der Waals surface area contributed by atoms with Crippen LogP contribution in [0.5, 0.6) is 5.75 Å². The lowest BCUT2D eigenvalue weighted by molar-refractivity contribution is -0.139. The van der Waals surface area contributed by atoms with Crippen molar-refractivity contribution < 1.29 is 17.9 Å². The molecule has 0 unspecified atom stereocenters. The van der Waals surface area contributed by atoms with E-state index in [0.29, 0.717) is 6.42 Å². The van der Waals surface area contributed by atoms with Crippen LogP contribution >= 0.6 is 12.4 Å². The SMILES string of the molecule is CN(C)[C@H]1CCc2ccccc2[C@@H](Oc2ccccc2C(F)(F)F)C1.Cl. The van der Waals surface area contributed by atoms with Gasteiger partial charge in [0.2, 0.25) is 0 Å². The highest BCUT2D eigenvalue weighted by Gasteiger charge is 2.35. The average molecular weight is 386 g/mol. The zero-order chi connectivity index (χ0) is 18.0. The first-order valence-electron chi connectivity index (χ1n) is 8.43. The van der Waals surface area contributed by atoms with Crippen LogP contribution < -0.4 is 4.74 Å². The molecule has 2 nitrogen and oxygen atoms in total. The van der Waals surface area contributed by atoms with E-state index in [4.69, 9.17) is 4.74 Å². The van der Waals surface area contributed by atoms with Crippen LogP contribution in [0.2, 0.25) is 0 Å². The van der Waals surface area contributed by atoms with Crippen molar-refractivity contribution in [3.63, 3.8) is 0 Å². The van der Waals surface area contributed by atoms with Crippen molar-refractivity contribution in [2.24, 2.45) is 0 Å². The summed E-state index contributed by atoms with van der Waals surface area (Å²) in [7, 11) is 4.00. The van der Waals surface area contributed by atoms with Crippen LogP contribution in [0.15, 0.2) is 48.5 Å². The summed E-state index contributed by atoms with van der Waals surface area (Å²) in [5.74, 6) is -0.103. The van der Waals surface area contributed by atoms with E-state index in [-0.39, 0.29) is 24.2 Å². The Balaban J connectivity index is 0.00000243. The van der Waals surface area contributed by atoms with Gasteiger partial charge in [-0.25, -0.2) is 0 Å². The predicted octanol–water partition coefficient (Wildman–Crippen LogP) is 5.51. The summed E-state index contributed by atoms with van der Waals surface area (Å²) in [5.41, 5.74) is 1.42. The van der Waals surface area contributed by atoms with Gasteiger partial charge in [-0.1, -0.05) is 36.4 Å². The molecule has 2 atom stereocenters.